The van der Waals surface area contributed by atoms with Crippen LogP contribution in [-0.2, 0) is 16.1 Å². The monoisotopic (exact) mass is 345 g/mol. The summed E-state index contributed by atoms with van der Waals surface area (Å²) in [6.07, 6.45) is 0.674. The van der Waals surface area contributed by atoms with Gasteiger partial charge in [0.15, 0.2) is 5.82 Å². The number of nitrogens with two attached hydrogens (primary N) is 1. The lowest BCUT2D eigenvalue weighted by atomic mass is 10.2. The van der Waals surface area contributed by atoms with E-state index >= 15 is 0 Å². The fourth-order valence-corrected chi connectivity index (χ4v) is 2.98. The number of nitrogen functional groups attached to an aromatic ring is 1. The molecule has 1 aliphatic carbocycles. The van der Waals surface area contributed by atoms with Crippen molar-refractivity contribution >= 4 is 29.1 Å². The summed E-state index contributed by atoms with van der Waals surface area (Å²) in [4.78, 5) is 16.8. The van der Waals surface area contributed by atoms with Crippen LogP contribution >= 0.6 is 11.6 Å². The predicted molar refractivity (Wildman–Crippen MR) is 94.8 cm³/mol. The molecule has 5 nitrogen and oxygen atoms in total. The van der Waals surface area contributed by atoms with Gasteiger partial charge in [-0.15, -0.1) is 0 Å². The molecule has 3 N–H and O–H groups in total. The highest BCUT2D eigenvalue weighted by Gasteiger charge is 2.59. The van der Waals surface area contributed by atoms with Gasteiger partial charge in [0.05, 0.1) is 5.69 Å². The molecule has 0 saturated heterocycles. The molecule has 2 aromatic rings. The van der Waals surface area contributed by atoms with Gasteiger partial charge in [-0.1, -0.05) is 48.9 Å². The zero-order valence-electron chi connectivity index (χ0n) is 13.7. The lowest BCUT2D eigenvalue weighted by Gasteiger charge is -2.20. The van der Waals surface area contributed by atoms with Crippen molar-refractivity contribution in [2.75, 3.05) is 11.1 Å². The number of hydrogen-bond acceptors (Lipinski definition) is 5. The summed E-state index contributed by atoms with van der Waals surface area (Å²) in [6.45, 7) is 4.09. The number of pyridine rings is 1. The largest absolute Gasteiger partial charge is 0.459 e. The fourth-order valence-electron chi connectivity index (χ4n) is 2.73. The summed E-state index contributed by atoms with van der Waals surface area (Å²) >= 11 is 6.01. The van der Waals surface area contributed by atoms with Crippen LogP contribution in [-0.4, -0.2) is 16.5 Å². The molecule has 0 radical (unpaired) electrons. The first-order chi connectivity index (χ1) is 11.4. The molecule has 1 fully saturated rings. The van der Waals surface area contributed by atoms with Crippen LogP contribution < -0.4 is 11.1 Å². The van der Waals surface area contributed by atoms with Crippen molar-refractivity contribution in [3.8, 4) is 0 Å². The number of aromatic nitrogens is 1. The summed E-state index contributed by atoms with van der Waals surface area (Å²) in [5, 5.41) is 3.51. The number of carbonyl (C=O) groups excluding carboxylic acids is 1. The summed E-state index contributed by atoms with van der Waals surface area (Å²) < 4.78 is 5.50. The Labute approximate surface area is 146 Å². The highest BCUT2D eigenvalue weighted by Crippen LogP contribution is 2.47. The SMILES string of the molecule is Cc1cc(Cl)nc(N[C@@]2(C(=O)OCc3ccccc3)C[C@@H]2C)c1N. The number of nitrogens with zero attached hydrogens (tertiary/aromatic N) is 1. The van der Waals surface area contributed by atoms with Crippen LogP contribution in [0.4, 0.5) is 11.5 Å². The summed E-state index contributed by atoms with van der Waals surface area (Å²) in [5.74, 6) is 0.278. The molecular weight excluding hydrogens is 326 g/mol. The van der Waals surface area contributed by atoms with E-state index in [1.807, 2.05) is 44.2 Å². The van der Waals surface area contributed by atoms with Crippen molar-refractivity contribution in [2.45, 2.75) is 32.4 Å². The normalized spacial score (nSPS) is 22.0. The van der Waals surface area contributed by atoms with Crippen LogP contribution in [0.1, 0.15) is 24.5 Å². The number of anilines is 2. The highest BCUT2D eigenvalue weighted by molar-refractivity contribution is 6.29. The Hall–Kier alpha value is -2.27. The molecule has 3 rings (SSSR count). The van der Waals surface area contributed by atoms with E-state index in [-0.39, 0.29) is 18.5 Å². The number of aryl methyl sites for hydroxylation is 1. The van der Waals surface area contributed by atoms with E-state index in [0.29, 0.717) is 23.1 Å². The second kappa shape index (κ2) is 6.32. The van der Waals surface area contributed by atoms with Gasteiger partial charge in [0.2, 0.25) is 0 Å². The first kappa shape index (κ1) is 16.6. The van der Waals surface area contributed by atoms with Gasteiger partial charge in [0, 0.05) is 0 Å². The number of hydrogen-bond donors (Lipinski definition) is 2. The van der Waals surface area contributed by atoms with Crippen molar-refractivity contribution in [3.63, 3.8) is 0 Å². The van der Waals surface area contributed by atoms with Gasteiger partial charge in [-0.3, -0.25) is 0 Å². The quantitative estimate of drug-likeness (QED) is 0.640. The van der Waals surface area contributed by atoms with Crippen molar-refractivity contribution < 1.29 is 9.53 Å². The maximum absolute atomic E-state index is 12.6. The van der Waals surface area contributed by atoms with Gasteiger partial charge in [-0.25, -0.2) is 9.78 Å². The first-order valence-corrected chi connectivity index (χ1v) is 8.22. The minimum absolute atomic E-state index is 0.140. The number of nitrogens with one attached hydrogen (secondary N) is 1. The van der Waals surface area contributed by atoms with Gasteiger partial charge in [-0.2, -0.15) is 0 Å². The Morgan fingerprint density at radius 2 is 2.12 bits per heavy atom. The minimum atomic E-state index is -0.785. The van der Waals surface area contributed by atoms with E-state index in [4.69, 9.17) is 22.1 Å². The molecule has 0 spiro atoms. The van der Waals surface area contributed by atoms with E-state index < -0.39 is 5.54 Å². The standard InChI is InChI=1S/C18H20ClN3O2/c1-11-8-14(19)21-16(15(11)20)22-18(9-12(18)2)17(23)24-10-13-6-4-3-5-7-13/h3-8,12H,9-10,20H2,1-2H3,(H,21,22)/t12-,18-/m0/s1. The molecular formula is C18H20ClN3O2. The van der Waals surface area contributed by atoms with E-state index in [9.17, 15) is 4.79 Å². The van der Waals surface area contributed by atoms with Gasteiger partial charge in [0.25, 0.3) is 0 Å². The molecule has 0 bridgehead atoms. The van der Waals surface area contributed by atoms with Crippen LogP contribution in [0.15, 0.2) is 36.4 Å². The van der Waals surface area contributed by atoms with Crippen molar-refractivity contribution in [1.29, 1.82) is 0 Å². The third-order valence-electron chi connectivity index (χ3n) is 4.46. The third kappa shape index (κ3) is 3.17. The molecule has 1 saturated carbocycles. The molecule has 1 aromatic carbocycles. The predicted octanol–water partition coefficient (Wildman–Crippen LogP) is 3.56. The second-order valence-corrected chi connectivity index (χ2v) is 6.67. The number of esters is 1. The molecule has 0 amide bonds. The Bertz CT molecular complexity index is 766. The summed E-state index contributed by atoms with van der Waals surface area (Å²) in [6, 6.07) is 11.3. The zero-order chi connectivity index (χ0) is 17.3. The molecule has 2 atom stereocenters. The molecule has 1 aromatic heterocycles. The first-order valence-electron chi connectivity index (χ1n) is 7.84. The highest BCUT2D eigenvalue weighted by atomic mass is 35.5. The topological polar surface area (TPSA) is 77.2 Å². The van der Waals surface area contributed by atoms with Crippen LogP contribution in [0, 0.1) is 12.8 Å². The third-order valence-corrected chi connectivity index (χ3v) is 4.66. The molecule has 1 aliphatic rings. The van der Waals surface area contributed by atoms with Gasteiger partial charge in [-0.05, 0) is 36.5 Å². The van der Waals surface area contributed by atoms with E-state index in [2.05, 4.69) is 10.3 Å². The smallest absolute Gasteiger partial charge is 0.332 e. The number of rotatable bonds is 5. The van der Waals surface area contributed by atoms with Crippen LogP contribution in [0.25, 0.3) is 0 Å². The molecule has 24 heavy (non-hydrogen) atoms. The summed E-state index contributed by atoms with van der Waals surface area (Å²) in [5.41, 5.74) is 7.54. The molecule has 0 aliphatic heterocycles. The zero-order valence-corrected chi connectivity index (χ0v) is 14.4. The number of ether oxygens (including phenoxy) is 1. The van der Waals surface area contributed by atoms with Crippen LogP contribution in [0.2, 0.25) is 5.15 Å². The van der Waals surface area contributed by atoms with E-state index in [1.54, 1.807) is 6.07 Å². The van der Waals surface area contributed by atoms with Crippen LogP contribution in [0.5, 0.6) is 0 Å². The van der Waals surface area contributed by atoms with Crippen molar-refractivity contribution in [2.24, 2.45) is 5.92 Å². The lowest BCUT2D eigenvalue weighted by molar-refractivity contribution is -0.147. The number of halogens is 1. The van der Waals surface area contributed by atoms with Crippen molar-refractivity contribution in [3.05, 3.63) is 52.7 Å². The Balaban J connectivity index is 1.74. The lowest BCUT2D eigenvalue weighted by Crippen LogP contribution is -2.36. The molecule has 126 valence electrons. The molecule has 0 unspecified atom stereocenters. The van der Waals surface area contributed by atoms with Gasteiger partial charge >= 0.3 is 5.97 Å². The Morgan fingerprint density at radius 3 is 2.75 bits per heavy atom. The minimum Gasteiger partial charge on any atom is -0.459 e. The average molecular weight is 346 g/mol. The molecule has 1 heterocycles. The van der Waals surface area contributed by atoms with Crippen molar-refractivity contribution in [1.82, 2.24) is 4.98 Å². The average Bonchev–Trinajstić information content (AvgIpc) is 3.21. The number of carbonyl (C=O) groups is 1. The van der Waals surface area contributed by atoms with Gasteiger partial charge < -0.3 is 15.8 Å². The maximum atomic E-state index is 12.6. The van der Waals surface area contributed by atoms with Gasteiger partial charge in [0.1, 0.15) is 17.3 Å². The van der Waals surface area contributed by atoms with E-state index in [0.717, 1.165) is 11.1 Å². The van der Waals surface area contributed by atoms with E-state index in [1.165, 1.54) is 0 Å². The Morgan fingerprint density at radius 1 is 1.46 bits per heavy atom. The fraction of sp³-hybridized carbons (Fsp3) is 0.333. The number of benzene rings is 1. The Kier molecular flexibility index (Phi) is 4.37. The second-order valence-electron chi connectivity index (χ2n) is 6.29. The molecule has 6 heteroatoms. The maximum Gasteiger partial charge on any atom is 0.332 e. The van der Waals surface area contributed by atoms with Crippen LogP contribution in [0.3, 0.4) is 0 Å². The summed E-state index contributed by atoms with van der Waals surface area (Å²) in [7, 11) is 0.